The van der Waals surface area contributed by atoms with Gasteiger partial charge >= 0.3 is 0 Å². The number of likely N-dealkylation sites (N-methyl/N-ethyl adjacent to an activating group) is 2. The molecule has 14 heavy (non-hydrogen) atoms. The van der Waals surface area contributed by atoms with E-state index in [9.17, 15) is 0 Å². The van der Waals surface area contributed by atoms with Gasteiger partial charge in [-0.1, -0.05) is 6.92 Å². The van der Waals surface area contributed by atoms with Crippen molar-refractivity contribution in [3.05, 3.63) is 0 Å². The molecular formula is C12H28N2. The molecule has 0 N–H and O–H groups in total. The molecular weight excluding hydrogens is 172 g/mol. The van der Waals surface area contributed by atoms with Gasteiger partial charge in [0, 0.05) is 24.7 Å². The van der Waals surface area contributed by atoms with Gasteiger partial charge in [0.15, 0.2) is 0 Å². The fourth-order valence-corrected chi connectivity index (χ4v) is 1.50. The van der Waals surface area contributed by atoms with Gasteiger partial charge in [-0.05, 0) is 48.2 Å². The molecule has 0 saturated heterocycles. The summed E-state index contributed by atoms with van der Waals surface area (Å²) in [6, 6.07) is 0.647. The first-order valence-electron chi connectivity index (χ1n) is 5.74. The SMILES string of the molecule is CCN(CCN(C)C(C)C)C(C)(C)C. The van der Waals surface area contributed by atoms with Crippen molar-refractivity contribution < 1.29 is 0 Å². The van der Waals surface area contributed by atoms with Crippen molar-refractivity contribution in [1.29, 1.82) is 0 Å². The smallest absolute Gasteiger partial charge is 0.0125 e. The van der Waals surface area contributed by atoms with Crippen molar-refractivity contribution in [2.24, 2.45) is 0 Å². The summed E-state index contributed by atoms with van der Waals surface area (Å²) in [6.45, 7) is 17.0. The van der Waals surface area contributed by atoms with E-state index in [1.54, 1.807) is 0 Å². The Bertz CT molecular complexity index is 147. The zero-order valence-electron chi connectivity index (χ0n) is 11.1. The minimum absolute atomic E-state index is 0.298. The molecule has 0 rings (SSSR count). The molecule has 0 radical (unpaired) electrons. The average Bonchev–Trinajstić information content (AvgIpc) is 2.02. The van der Waals surface area contributed by atoms with Crippen molar-refractivity contribution in [2.75, 3.05) is 26.7 Å². The first-order chi connectivity index (χ1) is 6.29. The molecule has 0 aromatic rings. The lowest BCUT2D eigenvalue weighted by atomic mass is 10.1. The standard InChI is InChI=1S/C12H28N2/c1-8-14(12(4,5)6)10-9-13(7)11(2)3/h11H,8-10H2,1-7H3. The Kier molecular flexibility index (Phi) is 5.68. The Morgan fingerprint density at radius 2 is 1.57 bits per heavy atom. The minimum atomic E-state index is 0.298. The minimum Gasteiger partial charge on any atom is -0.303 e. The van der Waals surface area contributed by atoms with Crippen LogP contribution in [0.5, 0.6) is 0 Å². The van der Waals surface area contributed by atoms with Gasteiger partial charge in [0.2, 0.25) is 0 Å². The molecule has 0 aliphatic rings. The molecule has 0 aliphatic heterocycles. The van der Waals surface area contributed by atoms with E-state index in [-0.39, 0.29) is 0 Å². The lowest BCUT2D eigenvalue weighted by Crippen LogP contribution is -2.45. The molecule has 0 aromatic heterocycles. The third-order valence-corrected chi connectivity index (χ3v) is 2.93. The quantitative estimate of drug-likeness (QED) is 0.672. The normalized spacial score (nSPS) is 13.3. The van der Waals surface area contributed by atoms with Crippen LogP contribution in [-0.2, 0) is 0 Å². The van der Waals surface area contributed by atoms with Crippen LogP contribution in [0.25, 0.3) is 0 Å². The molecule has 0 amide bonds. The second kappa shape index (κ2) is 5.72. The molecule has 0 aliphatic carbocycles. The van der Waals surface area contributed by atoms with Gasteiger partial charge in [-0.3, -0.25) is 4.90 Å². The summed E-state index contributed by atoms with van der Waals surface area (Å²) in [5.41, 5.74) is 0.298. The van der Waals surface area contributed by atoms with E-state index in [2.05, 4.69) is 58.4 Å². The molecule has 0 fully saturated rings. The summed E-state index contributed by atoms with van der Waals surface area (Å²) in [7, 11) is 2.20. The number of nitrogens with zero attached hydrogens (tertiary/aromatic N) is 2. The fourth-order valence-electron chi connectivity index (χ4n) is 1.50. The molecule has 0 spiro atoms. The number of hydrogen-bond acceptors (Lipinski definition) is 2. The second-order valence-electron chi connectivity index (χ2n) is 5.32. The Hall–Kier alpha value is -0.0800. The molecule has 0 saturated carbocycles. The van der Waals surface area contributed by atoms with Crippen LogP contribution in [-0.4, -0.2) is 48.1 Å². The van der Waals surface area contributed by atoms with Crippen LogP contribution in [0, 0.1) is 0 Å². The summed E-state index contributed by atoms with van der Waals surface area (Å²) >= 11 is 0. The van der Waals surface area contributed by atoms with Crippen molar-refractivity contribution in [2.45, 2.75) is 53.1 Å². The van der Waals surface area contributed by atoms with E-state index in [0.29, 0.717) is 11.6 Å². The third-order valence-electron chi connectivity index (χ3n) is 2.93. The molecule has 0 bridgehead atoms. The molecule has 2 nitrogen and oxygen atoms in total. The van der Waals surface area contributed by atoms with Crippen LogP contribution in [0.15, 0.2) is 0 Å². The highest BCUT2D eigenvalue weighted by Gasteiger charge is 2.19. The highest BCUT2D eigenvalue weighted by molar-refractivity contribution is 4.76. The summed E-state index contributed by atoms with van der Waals surface area (Å²) in [5, 5.41) is 0. The Balaban J connectivity index is 3.97. The van der Waals surface area contributed by atoms with Crippen LogP contribution in [0.4, 0.5) is 0 Å². The van der Waals surface area contributed by atoms with Crippen molar-refractivity contribution in [3.8, 4) is 0 Å². The second-order valence-corrected chi connectivity index (χ2v) is 5.32. The van der Waals surface area contributed by atoms with Gasteiger partial charge in [-0.15, -0.1) is 0 Å². The van der Waals surface area contributed by atoms with E-state index >= 15 is 0 Å². The summed E-state index contributed by atoms with van der Waals surface area (Å²) in [5.74, 6) is 0. The fraction of sp³-hybridized carbons (Fsp3) is 1.00. The van der Waals surface area contributed by atoms with Gasteiger partial charge < -0.3 is 4.90 Å². The Morgan fingerprint density at radius 3 is 1.86 bits per heavy atom. The van der Waals surface area contributed by atoms with Gasteiger partial charge in [-0.2, -0.15) is 0 Å². The molecule has 0 unspecified atom stereocenters. The lowest BCUT2D eigenvalue weighted by molar-refractivity contribution is 0.121. The van der Waals surface area contributed by atoms with E-state index in [1.807, 2.05) is 0 Å². The van der Waals surface area contributed by atoms with Gasteiger partial charge in [0.25, 0.3) is 0 Å². The van der Waals surface area contributed by atoms with Crippen molar-refractivity contribution in [1.82, 2.24) is 9.80 Å². The van der Waals surface area contributed by atoms with Crippen LogP contribution in [0.2, 0.25) is 0 Å². The molecule has 86 valence electrons. The number of rotatable bonds is 5. The predicted molar refractivity (Wildman–Crippen MR) is 64.8 cm³/mol. The van der Waals surface area contributed by atoms with E-state index in [0.717, 1.165) is 19.6 Å². The summed E-state index contributed by atoms with van der Waals surface area (Å²) in [4.78, 5) is 4.92. The highest BCUT2D eigenvalue weighted by atomic mass is 15.2. The maximum Gasteiger partial charge on any atom is 0.0125 e. The van der Waals surface area contributed by atoms with Crippen molar-refractivity contribution in [3.63, 3.8) is 0 Å². The molecule has 0 heterocycles. The zero-order valence-corrected chi connectivity index (χ0v) is 11.1. The van der Waals surface area contributed by atoms with Gasteiger partial charge in [0.05, 0.1) is 0 Å². The third kappa shape index (κ3) is 4.97. The van der Waals surface area contributed by atoms with E-state index in [4.69, 9.17) is 0 Å². The van der Waals surface area contributed by atoms with E-state index in [1.165, 1.54) is 0 Å². The Labute approximate surface area is 90.3 Å². The van der Waals surface area contributed by atoms with E-state index < -0.39 is 0 Å². The monoisotopic (exact) mass is 200 g/mol. The zero-order chi connectivity index (χ0) is 11.4. The number of hydrogen-bond donors (Lipinski definition) is 0. The molecule has 2 heteroatoms. The maximum atomic E-state index is 2.52. The largest absolute Gasteiger partial charge is 0.303 e. The maximum absolute atomic E-state index is 2.52. The van der Waals surface area contributed by atoms with Crippen LogP contribution >= 0.6 is 0 Å². The van der Waals surface area contributed by atoms with Crippen LogP contribution in [0.1, 0.15) is 41.5 Å². The first kappa shape index (κ1) is 13.9. The lowest BCUT2D eigenvalue weighted by Gasteiger charge is -2.36. The van der Waals surface area contributed by atoms with Crippen molar-refractivity contribution >= 4 is 0 Å². The predicted octanol–water partition coefficient (Wildman–Crippen LogP) is 2.45. The molecule has 0 aromatic carbocycles. The highest BCUT2D eigenvalue weighted by Crippen LogP contribution is 2.12. The van der Waals surface area contributed by atoms with Crippen LogP contribution < -0.4 is 0 Å². The first-order valence-corrected chi connectivity index (χ1v) is 5.74. The van der Waals surface area contributed by atoms with Gasteiger partial charge in [0.1, 0.15) is 0 Å². The molecule has 0 atom stereocenters. The summed E-state index contributed by atoms with van der Waals surface area (Å²) in [6.07, 6.45) is 0. The average molecular weight is 200 g/mol. The summed E-state index contributed by atoms with van der Waals surface area (Å²) < 4.78 is 0. The topological polar surface area (TPSA) is 6.48 Å². The van der Waals surface area contributed by atoms with Crippen LogP contribution in [0.3, 0.4) is 0 Å². The van der Waals surface area contributed by atoms with Gasteiger partial charge in [-0.25, -0.2) is 0 Å². The Morgan fingerprint density at radius 1 is 1.07 bits per heavy atom.